The van der Waals surface area contributed by atoms with Crippen molar-refractivity contribution < 1.29 is 14.6 Å². The Morgan fingerprint density at radius 2 is 1.86 bits per heavy atom. The number of rotatable bonds is 8. The summed E-state index contributed by atoms with van der Waals surface area (Å²) in [5.74, 6) is 0.833. The number of benzene rings is 1. The molecule has 0 bridgehead atoms. The molecule has 1 aromatic rings. The van der Waals surface area contributed by atoms with Gasteiger partial charge in [0.25, 0.3) is 0 Å². The Kier molecular flexibility index (Phi) is 7.71. The molecule has 0 amide bonds. The highest BCUT2D eigenvalue weighted by atomic mass is 16.5. The molecule has 2 fully saturated rings. The first kappa shape index (κ1) is 21.5. The smallest absolute Gasteiger partial charge is 0.119 e. The van der Waals surface area contributed by atoms with Crippen LogP contribution in [-0.2, 0) is 11.3 Å². The molecule has 0 aliphatic carbocycles. The first-order valence-corrected chi connectivity index (χ1v) is 10.6. The topological polar surface area (TPSA) is 48.4 Å². The van der Waals surface area contributed by atoms with Crippen LogP contribution in [0.3, 0.4) is 0 Å². The van der Waals surface area contributed by atoms with Gasteiger partial charge in [-0.1, -0.05) is 19.1 Å². The number of ether oxygens (including phenoxy) is 2. The summed E-state index contributed by atoms with van der Waals surface area (Å²) in [6.07, 6.45) is -0.461. The third-order valence-corrected chi connectivity index (χ3v) is 5.63. The van der Waals surface area contributed by atoms with Crippen molar-refractivity contribution in [2.45, 2.75) is 39.0 Å². The van der Waals surface area contributed by atoms with Crippen LogP contribution in [-0.4, -0.2) is 97.1 Å². The molecule has 2 saturated heterocycles. The Morgan fingerprint density at radius 3 is 2.57 bits per heavy atom. The van der Waals surface area contributed by atoms with E-state index in [0.29, 0.717) is 13.2 Å². The summed E-state index contributed by atoms with van der Waals surface area (Å²) in [6.45, 7) is 16.4. The summed E-state index contributed by atoms with van der Waals surface area (Å²) in [7, 11) is 0. The summed E-state index contributed by atoms with van der Waals surface area (Å²) in [5, 5.41) is 10.4. The highest BCUT2D eigenvalue weighted by Gasteiger charge is 2.27. The van der Waals surface area contributed by atoms with Crippen LogP contribution in [0.1, 0.15) is 26.3 Å². The molecule has 0 saturated carbocycles. The van der Waals surface area contributed by atoms with Crippen molar-refractivity contribution in [2.24, 2.45) is 0 Å². The van der Waals surface area contributed by atoms with Gasteiger partial charge in [-0.05, 0) is 38.1 Å². The van der Waals surface area contributed by atoms with Crippen molar-refractivity contribution in [1.29, 1.82) is 0 Å². The molecule has 1 N–H and O–H groups in total. The average molecular weight is 392 g/mol. The fraction of sp³-hybridized carbons (Fsp3) is 0.727. The molecule has 1 aromatic carbocycles. The van der Waals surface area contributed by atoms with Gasteiger partial charge in [-0.3, -0.25) is 9.80 Å². The average Bonchev–Trinajstić information content (AvgIpc) is 2.66. The van der Waals surface area contributed by atoms with Crippen molar-refractivity contribution in [3.8, 4) is 5.75 Å². The summed E-state index contributed by atoms with van der Waals surface area (Å²) < 4.78 is 11.7. The van der Waals surface area contributed by atoms with Gasteiger partial charge in [0.1, 0.15) is 18.5 Å². The first-order valence-electron chi connectivity index (χ1n) is 10.6. The normalized spacial score (nSPS) is 22.9. The standard InChI is InChI=1S/C22H37N3O3/c1-4-23-8-10-24(11-9-23)16-20(26)17-27-21-7-5-6-19(14-21)15-25-12-13-28-22(2,3)18-25/h5-7,14,20,26H,4,8-13,15-18H2,1-3H3. The summed E-state index contributed by atoms with van der Waals surface area (Å²) in [5.41, 5.74) is 1.15. The van der Waals surface area contributed by atoms with Crippen molar-refractivity contribution >= 4 is 0 Å². The number of piperazine rings is 1. The van der Waals surface area contributed by atoms with Crippen LogP contribution in [0.5, 0.6) is 5.75 Å². The maximum absolute atomic E-state index is 10.4. The third-order valence-electron chi connectivity index (χ3n) is 5.63. The second-order valence-electron chi connectivity index (χ2n) is 8.67. The van der Waals surface area contributed by atoms with Crippen LogP contribution >= 0.6 is 0 Å². The quantitative estimate of drug-likeness (QED) is 0.728. The number of aliphatic hydroxyl groups excluding tert-OH is 1. The Morgan fingerprint density at radius 1 is 1.11 bits per heavy atom. The zero-order chi connectivity index (χ0) is 20.0. The number of hydrogen-bond donors (Lipinski definition) is 1. The molecule has 0 aromatic heterocycles. The van der Waals surface area contributed by atoms with Gasteiger partial charge in [0.05, 0.1) is 12.2 Å². The third kappa shape index (κ3) is 6.71. The van der Waals surface area contributed by atoms with Gasteiger partial charge in [-0.2, -0.15) is 0 Å². The zero-order valence-corrected chi connectivity index (χ0v) is 17.8. The molecule has 2 aliphatic heterocycles. The second kappa shape index (κ2) is 10.0. The van der Waals surface area contributed by atoms with E-state index in [9.17, 15) is 5.11 Å². The van der Waals surface area contributed by atoms with Gasteiger partial charge in [0.15, 0.2) is 0 Å². The van der Waals surface area contributed by atoms with Gasteiger partial charge in [-0.25, -0.2) is 0 Å². The van der Waals surface area contributed by atoms with Crippen molar-refractivity contribution in [2.75, 3.05) is 65.6 Å². The molecule has 3 rings (SSSR count). The summed E-state index contributed by atoms with van der Waals surface area (Å²) in [4.78, 5) is 7.20. The van der Waals surface area contributed by atoms with Crippen molar-refractivity contribution in [3.63, 3.8) is 0 Å². The lowest BCUT2D eigenvalue weighted by Crippen LogP contribution is -2.49. The lowest BCUT2D eigenvalue weighted by Gasteiger charge is -2.38. The van der Waals surface area contributed by atoms with E-state index >= 15 is 0 Å². The van der Waals surface area contributed by atoms with Crippen molar-refractivity contribution in [3.05, 3.63) is 29.8 Å². The predicted molar refractivity (Wildman–Crippen MR) is 112 cm³/mol. The molecular formula is C22H37N3O3. The number of nitrogens with zero attached hydrogens (tertiary/aromatic N) is 3. The van der Waals surface area contributed by atoms with Crippen LogP contribution in [0.25, 0.3) is 0 Å². The van der Waals surface area contributed by atoms with E-state index in [1.807, 2.05) is 12.1 Å². The predicted octanol–water partition coefficient (Wildman–Crippen LogP) is 1.67. The Hall–Kier alpha value is -1.18. The first-order chi connectivity index (χ1) is 13.4. The molecule has 1 atom stereocenters. The summed E-state index contributed by atoms with van der Waals surface area (Å²) in [6, 6.07) is 8.24. The van der Waals surface area contributed by atoms with Crippen molar-refractivity contribution in [1.82, 2.24) is 14.7 Å². The molecule has 28 heavy (non-hydrogen) atoms. The van der Waals surface area contributed by atoms with E-state index < -0.39 is 6.10 Å². The minimum absolute atomic E-state index is 0.0842. The molecular weight excluding hydrogens is 354 g/mol. The summed E-state index contributed by atoms with van der Waals surface area (Å²) >= 11 is 0. The molecule has 0 spiro atoms. The van der Waals surface area contributed by atoms with Crippen LogP contribution in [0.15, 0.2) is 24.3 Å². The fourth-order valence-corrected chi connectivity index (χ4v) is 4.07. The van der Waals surface area contributed by atoms with Gasteiger partial charge in [0, 0.05) is 52.4 Å². The molecule has 6 nitrogen and oxygen atoms in total. The Labute approximate surface area is 170 Å². The van der Waals surface area contributed by atoms with Crippen LogP contribution in [0.4, 0.5) is 0 Å². The largest absolute Gasteiger partial charge is 0.491 e. The highest BCUT2D eigenvalue weighted by molar-refractivity contribution is 5.28. The monoisotopic (exact) mass is 391 g/mol. The van der Waals surface area contributed by atoms with Crippen LogP contribution in [0, 0.1) is 0 Å². The minimum atomic E-state index is -0.461. The van der Waals surface area contributed by atoms with Crippen LogP contribution < -0.4 is 4.74 Å². The van der Waals surface area contributed by atoms with E-state index in [1.165, 1.54) is 5.56 Å². The number of aliphatic hydroxyl groups is 1. The lowest BCUT2D eigenvalue weighted by molar-refractivity contribution is -0.0882. The maximum Gasteiger partial charge on any atom is 0.119 e. The van der Waals surface area contributed by atoms with E-state index in [-0.39, 0.29) is 5.60 Å². The molecule has 0 radical (unpaired) electrons. The lowest BCUT2D eigenvalue weighted by atomic mass is 10.1. The van der Waals surface area contributed by atoms with E-state index in [1.54, 1.807) is 0 Å². The maximum atomic E-state index is 10.4. The van der Waals surface area contributed by atoms with Gasteiger partial charge < -0.3 is 19.5 Å². The number of β-amino-alcohol motifs (C(OH)–C–C–N with tert-alkyl or cyclic N) is 1. The minimum Gasteiger partial charge on any atom is -0.491 e. The SMILES string of the molecule is CCN1CCN(CC(O)COc2cccc(CN3CCOC(C)(C)C3)c2)CC1. The number of likely N-dealkylation sites (N-methyl/N-ethyl adjacent to an activating group) is 1. The Bertz CT molecular complexity index is 602. The van der Waals surface area contributed by atoms with E-state index in [4.69, 9.17) is 9.47 Å². The number of hydrogen-bond acceptors (Lipinski definition) is 6. The molecule has 6 heteroatoms. The number of morpholine rings is 1. The Balaban J connectivity index is 1.43. The fourth-order valence-electron chi connectivity index (χ4n) is 4.07. The molecule has 2 aliphatic rings. The van der Waals surface area contributed by atoms with Gasteiger partial charge >= 0.3 is 0 Å². The molecule has 1 unspecified atom stereocenters. The van der Waals surface area contributed by atoms with E-state index in [2.05, 4.69) is 47.6 Å². The van der Waals surface area contributed by atoms with E-state index in [0.717, 1.165) is 64.7 Å². The van der Waals surface area contributed by atoms with Gasteiger partial charge in [-0.15, -0.1) is 0 Å². The van der Waals surface area contributed by atoms with Gasteiger partial charge in [0.2, 0.25) is 0 Å². The highest BCUT2D eigenvalue weighted by Crippen LogP contribution is 2.20. The van der Waals surface area contributed by atoms with Crippen LogP contribution in [0.2, 0.25) is 0 Å². The zero-order valence-electron chi connectivity index (χ0n) is 17.8. The molecule has 2 heterocycles. The second-order valence-corrected chi connectivity index (χ2v) is 8.67. The molecule has 158 valence electrons.